The van der Waals surface area contributed by atoms with Gasteiger partial charge in [0, 0.05) is 31.5 Å². The molecule has 2 bridgehead atoms. The molecule has 0 aromatic heterocycles. The zero-order chi connectivity index (χ0) is 20.8. The van der Waals surface area contributed by atoms with Crippen molar-refractivity contribution in [2.24, 2.45) is 11.8 Å². The summed E-state index contributed by atoms with van der Waals surface area (Å²) in [4.78, 5) is 14.2. The van der Waals surface area contributed by atoms with Crippen molar-refractivity contribution in [1.29, 1.82) is 0 Å². The van der Waals surface area contributed by atoms with Crippen LogP contribution in [0.2, 0.25) is 0 Å². The van der Waals surface area contributed by atoms with E-state index in [-0.39, 0.29) is 17.9 Å². The number of fused-ring (bicyclic) bond motifs is 2. The molecule has 0 radical (unpaired) electrons. The van der Waals surface area contributed by atoms with Crippen molar-refractivity contribution in [3.05, 3.63) is 83.3 Å². The number of nitrogens with zero attached hydrogens (tertiary/aromatic N) is 1. The number of hydrogen-bond donors (Lipinski definition) is 2. The number of carbonyl (C=O) groups is 1. The lowest BCUT2D eigenvalue weighted by Gasteiger charge is -2.47. The van der Waals surface area contributed by atoms with E-state index in [0.717, 1.165) is 31.5 Å². The first-order valence-electron chi connectivity index (χ1n) is 10.7. The Morgan fingerprint density at radius 1 is 1.10 bits per heavy atom. The van der Waals surface area contributed by atoms with Gasteiger partial charge in [-0.05, 0) is 35.3 Å². The van der Waals surface area contributed by atoms with Crippen molar-refractivity contribution in [1.82, 2.24) is 4.90 Å². The highest BCUT2D eigenvalue weighted by Gasteiger charge is 2.68. The lowest BCUT2D eigenvalue weighted by atomic mass is 9.62. The molecule has 2 heterocycles. The van der Waals surface area contributed by atoms with Crippen LogP contribution in [0.15, 0.2) is 72.1 Å². The molecule has 1 aliphatic carbocycles. The number of piperidine rings is 1. The molecule has 156 valence electrons. The largest absolute Gasteiger partial charge is 0.480 e. The summed E-state index contributed by atoms with van der Waals surface area (Å²) in [6.45, 7) is 1.72. The zero-order valence-electron chi connectivity index (χ0n) is 16.9. The van der Waals surface area contributed by atoms with E-state index < -0.39 is 16.3 Å². The van der Waals surface area contributed by atoms with Crippen molar-refractivity contribution in [2.45, 2.75) is 42.2 Å². The minimum Gasteiger partial charge on any atom is -0.480 e. The maximum absolute atomic E-state index is 13.2. The van der Waals surface area contributed by atoms with Crippen molar-refractivity contribution in [2.75, 3.05) is 6.54 Å². The molecule has 2 aromatic carbocycles. The van der Waals surface area contributed by atoms with Gasteiger partial charge in [-0.25, -0.2) is 0 Å². The Bertz CT molecular complexity index is 939. The van der Waals surface area contributed by atoms with E-state index in [1.807, 2.05) is 47.9 Å². The van der Waals surface area contributed by atoms with Gasteiger partial charge in [0.25, 0.3) is 0 Å². The van der Waals surface area contributed by atoms with Crippen LogP contribution in [0.5, 0.6) is 0 Å². The fourth-order valence-electron chi connectivity index (χ4n) is 6.23. The number of thioether (sulfide) groups is 1. The molecule has 0 spiro atoms. The molecule has 5 rings (SSSR count). The predicted molar refractivity (Wildman–Crippen MR) is 119 cm³/mol. The standard InChI is InChI=1S/C25H27NO3S/c27-23(28)25(20-10-5-2-6-11-20,24(29)14-7-15-30-24)22-19-12-13-21(22)26(17-19)16-18-8-3-1-4-9-18/h1-11,15,19,21-22,29H,12-14,16-17H2,(H,27,28). The molecule has 30 heavy (non-hydrogen) atoms. The summed E-state index contributed by atoms with van der Waals surface area (Å²) in [6.07, 6.45) is 4.27. The van der Waals surface area contributed by atoms with Crippen LogP contribution in [-0.2, 0) is 16.8 Å². The van der Waals surface area contributed by atoms with E-state index in [9.17, 15) is 15.0 Å². The normalized spacial score (nSPS) is 32.4. The van der Waals surface area contributed by atoms with Gasteiger partial charge < -0.3 is 10.2 Å². The number of likely N-dealkylation sites (tertiary alicyclic amines) is 1. The second-order valence-corrected chi connectivity index (χ2v) is 9.99. The van der Waals surface area contributed by atoms with Crippen LogP contribution in [0, 0.1) is 11.8 Å². The third-order valence-corrected chi connectivity index (χ3v) is 8.57. The van der Waals surface area contributed by atoms with Gasteiger partial charge in [-0.15, -0.1) is 0 Å². The van der Waals surface area contributed by atoms with Crippen LogP contribution in [0.4, 0.5) is 0 Å². The van der Waals surface area contributed by atoms with Gasteiger partial charge in [-0.2, -0.15) is 0 Å². The molecule has 2 aliphatic heterocycles. The van der Waals surface area contributed by atoms with E-state index in [2.05, 4.69) is 29.2 Å². The second-order valence-electron chi connectivity index (χ2n) is 8.80. The number of carboxylic acids is 1. The minimum absolute atomic E-state index is 0.126. The lowest BCUT2D eigenvalue weighted by Crippen LogP contribution is -2.61. The Kier molecular flexibility index (Phi) is 5.00. The Hall–Kier alpha value is -2.08. The quantitative estimate of drug-likeness (QED) is 0.730. The number of aliphatic carboxylic acids is 1. The van der Waals surface area contributed by atoms with E-state index in [0.29, 0.717) is 6.42 Å². The summed E-state index contributed by atoms with van der Waals surface area (Å²) in [5, 5.41) is 24.5. The third kappa shape index (κ3) is 2.87. The van der Waals surface area contributed by atoms with Gasteiger partial charge in [0.2, 0.25) is 0 Å². The molecule has 2 aromatic rings. The molecule has 5 unspecified atom stereocenters. The molecule has 5 heteroatoms. The maximum atomic E-state index is 13.2. The fourth-order valence-corrected chi connectivity index (χ4v) is 7.37. The van der Waals surface area contributed by atoms with Gasteiger partial charge in [-0.1, -0.05) is 78.5 Å². The minimum atomic E-state index is -1.38. The first kappa shape index (κ1) is 19.9. The van der Waals surface area contributed by atoms with E-state index >= 15 is 0 Å². The van der Waals surface area contributed by atoms with Crippen molar-refractivity contribution >= 4 is 17.7 Å². The first-order chi connectivity index (χ1) is 14.6. The lowest BCUT2D eigenvalue weighted by molar-refractivity contribution is -0.155. The highest BCUT2D eigenvalue weighted by molar-refractivity contribution is 8.03. The topological polar surface area (TPSA) is 60.8 Å². The average Bonchev–Trinajstić information content (AvgIpc) is 3.46. The number of hydrogen-bond acceptors (Lipinski definition) is 4. The van der Waals surface area contributed by atoms with Crippen LogP contribution in [0.3, 0.4) is 0 Å². The Morgan fingerprint density at radius 2 is 1.80 bits per heavy atom. The van der Waals surface area contributed by atoms with Crippen LogP contribution in [0.25, 0.3) is 0 Å². The van der Waals surface area contributed by atoms with Gasteiger partial charge >= 0.3 is 5.97 Å². The molecule has 5 atom stereocenters. The van der Waals surface area contributed by atoms with Crippen molar-refractivity contribution < 1.29 is 15.0 Å². The summed E-state index contributed by atoms with van der Waals surface area (Å²) in [7, 11) is 0. The third-order valence-electron chi connectivity index (χ3n) is 7.36. The van der Waals surface area contributed by atoms with E-state index in [1.165, 1.54) is 17.3 Å². The smallest absolute Gasteiger partial charge is 0.318 e. The Labute approximate surface area is 181 Å². The average molecular weight is 422 g/mol. The molecule has 2 N–H and O–H groups in total. The Balaban J connectivity index is 1.59. The van der Waals surface area contributed by atoms with Crippen LogP contribution in [0.1, 0.15) is 30.4 Å². The highest BCUT2D eigenvalue weighted by atomic mass is 32.2. The molecule has 1 saturated heterocycles. The van der Waals surface area contributed by atoms with Crippen LogP contribution < -0.4 is 0 Å². The monoisotopic (exact) mass is 421 g/mol. The van der Waals surface area contributed by atoms with Gasteiger partial charge in [-0.3, -0.25) is 9.69 Å². The summed E-state index contributed by atoms with van der Waals surface area (Å²) >= 11 is 1.27. The fraction of sp³-hybridized carbons (Fsp3) is 0.400. The second kappa shape index (κ2) is 7.56. The molecule has 1 saturated carbocycles. The van der Waals surface area contributed by atoms with Crippen molar-refractivity contribution in [3.63, 3.8) is 0 Å². The first-order valence-corrected chi connectivity index (χ1v) is 11.6. The number of carboxylic acid groups (broad SMARTS) is 1. The molecule has 0 amide bonds. The van der Waals surface area contributed by atoms with Crippen molar-refractivity contribution in [3.8, 4) is 0 Å². The molecule has 2 fully saturated rings. The van der Waals surface area contributed by atoms with E-state index in [4.69, 9.17) is 0 Å². The summed E-state index contributed by atoms with van der Waals surface area (Å²) in [5.74, 6) is -0.769. The maximum Gasteiger partial charge on any atom is 0.318 e. The number of rotatable bonds is 6. The van der Waals surface area contributed by atoms with E-state index in [1.54, 1.807) is 0 Å². The molecule has 3 aliphatic rings. The number of benzene rings is 2. The SMILES string of the molecule is O=C(O)C(c1ccccc1)(C1C2CCC1N(Cc1ccccc1)C2)C1(O)CC=CS1. The van der Waals surface area contributed by atoms with Crippen LogP contribution >= 0.6 is 11.8 Å². The summed E-state index contributed by atoms with van der Waals surface area (Å²) in [6, 6.07) is 20.0. The van der Waals surface area contributed by atoms with Crippen LogP contribution in [-0.4, -0.2) is 38.6 Å². The highest BCUT2D eigenvalue weighted by Crippen LogP contribution is 2.61. The van der Waals surface area contributed by atoms with Gasteiger partial charge in [0.15, 0.2) is 0 Å². The summed E-state index contributed by atoms with van der Waals surface area (Å²) < 4.78 is 0. The Morgan fingerprint density at radius 3 is 2.43 bits per heavy atom. The van der Waals surface area contributed by atoms with Gasteiger partial charge in [0.1, 0.15) is 10.3 Å². The predicted octanol–water partition coefficient (Wildman–Crippen LogP) is 4.26. The molecular weight excluding hydrogens is 394 g/mol. The molecule has 4 nitrogen and oxygen atoms in total. The molecular formula is C25H27NO3S. The van der Waals surface area contributed by atoms with Gasteiger partial charge in [0.05, 0.1) is 0 Å². The zero-order valence-corrected chi connectivity index (χ0v) is 17.7. The number of aliphatic hydroxyl groups is 1. The summed E-state index contributed by atoms with van der Waals surface area (Å²) in [5.41, 5.74) is 0.624.